The second kappa shape index (κ2) is 7.04. The zero-order valence-electron chi connectivity index (χ0n) is 9.93. The molecule has 102 valence electrons. The number of anilines is 1. The molecule has 0 saturated heterocycles. The molecule has 1 rings (SSSR count). The zero-order valence-corrected chi connectivity index (χ0v) is 9.93. The van der Waals surface area contributed by atoms with Crippen LogP contribution >= 0.6 is 0 Å². The fraction of sp³-hybridized carbons (Fsp3) is 0.182. The van der Waals surface area contributed by atoms with Gasteiger partial charge < -0.3 is 9.94 Å². The number of hydrogen-bond acceptors (Lipinski definition) is 6. The highest BCUT2D eigenvalue weighted by Gasteiger charge is 2.11. The minimum atomic E-state index is -1.06. The second-order valence-corrected chi connectivity index (χ2v) is 3.20. The standard InChI is InChI=1S/C11H11F2N3O3/c1-2-19-11(17)10(6-14-18)16-15-7-3-4-8(12)9(13)5-7/h3-6,15,18H,2H2,1H3/b14-6+,16-10-. The first-order valence-corrected chi connectivity index (χ1v) is 5.21. The Morgan fingerprint density at radius 1 is 1.47 bits per heavy atom. The van der Waals surface area contributed by atoms with E-state index in [0.29, 0.717) is 0 Å². The molecule has 1 aromatic carbocycles. The molecule has 0 aromatic heterocycles. The molecule has 0 aliphatic heterocycles. The number of carbonyl (C=O) groups excluding carboxylic acids is 1. The Kier molecular flexibility index (Phi) is 5.39. The van der Waals surface area contributed by atoms with Crippen LogP contribution in [0.25, 0.3) is 0 Å². The van der Waals surface area contributed by atoms with Gasteiger partial charge in [-0.2, -0.15) is 5.10 Å². The fourth-order valence-electron chi connectivity index (χ4n) is 1.08. The lowest BCUT2D eigenvalue weighted by Gasteiger charge is -2.03. The van der Waals surface area contributed by atoms with Gasteiger partial charge in [-0.15, -0.1) is 0 Å². The van der Waals surface area contributed by atoms with Crippen molar-refractivity contribution in [2.75, 3.05) is 12.0 Å². The van der Waals surface area contributed by atoms with Crippen molar-refractivity contribution in [1.82, 2.24) is 0 Å². The Balaban J connectivity index is 2.85. The molecule has 0 spiro atoms. The Morgan fingerprint density at radius 2 is 2.21 bits per heavy atom. The van der Waals surface area contributed by atoms with Crippen LogP contribution in [0.4, 0.5) is 14.5 Å². The van der Waals surface area contributed by atoms with Crippen LogP contribution in [0, 0.1) is 11.6 Å². The Labute approximate surface area is 107 Å². The average molecular weight is 271 g/mol. The third-order valence-electron chi connectivity index (χ3n) is 1.89. The highest BCUT2D eigenvalue weighted by Crippen LogP contribution is 2.12. The van der Waals surface area contributed by atoms with E-state index in [9.17, 15) is 13.6 Å². The lowest BCUT2D eigenvalue weighted by molar-refractivity contribution is -0.134. The van der Waals surface area contributed by atoms with Crippen molar-refractivity contribution >= 4 is 23.6 Å². The summed E-state index contributed by atoms with van der Waals surface area (Å²) in [5.74, 6) is -2.89. The van der Waals surface area contributed by atoms with Crippen LogP contribution in [-0.4, -0.2) is 29.7 Å². The summed E-state index contributed by atoms with van der Waals surface area (Å²) >= 11 is 0. The number of nitrogens with one attached hydrogen (secondary N) is 1. The number of hydrogen-bond donors (Lipinski definition) is 2. The van der Waals surface area contributed by atoms with Gasteiger partial charge in [0, 0.05) is 6.07 Å². The number of hydrazone groups is 1. The number of benzene rings is 1. The lowest BCUT2D eigenvalue weighted by atomic mass is 10.3. The van der Waals surface area contributed by atoms with Crippen LogP contribution in [0.2, 0.25) is 0 Å². The van der Waals surface area contributed by atoms with Gasteiger partial charge in [0.1, 0.15) is 6.21 Å². The fourth-order valence-corrected chi connectivity index (χ4v) is 1.08. The normalized spacial score (nSPS) is 11.6. The number of esters is 1. The van der Waals surface area contributed by atoms with Crippen molar-refractivity contribution < 1.29 is 23.5 Å². The van der Waals surface area contributed by atoms with E-state index >= 15 is 0 Å². The molecule has 2 N–H and O–H groups in total. The van der Waals surface area contributed by atoms with Gasteiger partial charge in [-0.1, -0.05) is 5.16 Å². The highest BCUT2D eigenvalue weighted by molar-refractivity contribution is 6.59. The van der Waals surface area contributed by atoms with Gasteiger partial charge in [-0.25, -0.2) is 13.6 Å². The Morgan fingerprint density at radius 3 is 2.79 bits per heavy atom. The SMILES string of the molecule is CCOC(=O)C(/C=N/O)=N\Nc1ccc(F)c(F)c1. The van der Waals surface area contributed by atoms with Crippen molar-refractivity contribution in [3.63, 3.8) is 0 Å². The molecule has 0 bridgehead atoms. The minimum Gasteiger partial charge on any atom is -0.461 e. The van der Waals surface area contributed by atoms with E-state index in [4.69, 9.17) is 5.21 Å². The summed E-state index contributed by atoms with van der Waals surface area (Å²) in [7, 11) is 0. The van der Waals surface area contributed by atoms with Crippen molar-refractivity contribution in [3.05, 3.63) is 29.8 Å². The van der Waals surface area contributed by atoms with Crippen molar-refractivity contribution in [2.24, 2.45) is 10.3 Å². The second-order valence-electron chi connectivity index (χ2n) is 3.20. The molecule has 0 aliphatic carbocycles. The molecule has 0 fully saturated rings. The number of halogens is 2. The molecule has 1 aromatic rings. The first-order valence-electron chi connectivity index (χ1n) is 5.21. The van der Waals surface area contributed by atoms with Gasteiger partial charge in [-0.05, 0) is 19.1 Å². The maximum Gasteiger partial charge on any atom is 0.360 e. The van der Waals surface area contributed by atoms with E-state index in [-0.39, 0.29) is 18.0 Å². The van der Waals surface area contributed by atoms with Gasteiger partial charge in [-0.3, -0.25) is 5.43 Å². The predicted molar refractivity (Wildman–Crippen MR) is 64.3 cm³/mol. The molecule has 6 nitrogen and oxygen atoms in total. The summed E-state index contributed by atoms with van der Waals surface area (Å²) in [4.78, 5) is 11.3. The number of oxime groups is 1. The van der Waals surface area contributed by atoms with E-state index in [2.05, 4.69) is 20.4 Å². The third kappa shape index (κ3) is 4.34. The molecule has 0 aliphatic rings. The zero-order chi connectivity index (χ0) is 14.3. The van der Waals surface area contributed by atoms with E-state index in [1.807, 2.05) is 0 Å². The summed E-state index contributed by atoms with van der Waals surface area (Å²) < 4.78 is 30.2. The number of carbonyl (C=O) groups is 1. The van der Waals surface area contributed by atoms with Crippen LogP contribution in [-0.2, 0) is 9.53 Å². The topological polar surface area (TPSA) is 83.3 Å². The summed E-state index contributed by atoms with van der Waals surface area (Å²) in [6.45, 7) is 1.71. The first kappa shape index (κ1) is 14.6. The summed E-state index contributed by atoms with van der Waals surface area (Å²) in [6, 6.07) is 2.98. The van der Waals surface area contributed by atoms with Gasteiger partial charge in [0.2, 0.25) is 0 Å². The molecule has 0 atom stereocenters. The van der Waals surface area contributed by atoms with Crippen LogP contribution in [0.5, 0.6) is 0 Å². The minimum absolute atomic E-state index is 0.113. The lowest BCUT2D eigenvalue weighted by Crippen LogP contribution is -2.20. The Hall–Kier alpha value is -2.51. The van der Waals surface area contributed by atoms with Gasteiger partial charge in [0.25, 0.3) is 0 Å². The summed E-state index contributed by atoms with van der Waals surface area (Å²) in [6.07, 6.45) is 0.755. The molecular weight excluding hydrogens is 260 g/mol. The van der Waals surface area contributed by atoms with E-state index in [1.165, 1.54) is 6.07 Å². The van der Waals surface area contributed by atoms with Crippen molar-refractivity contribution in [2.45, 2.75) is 6.92 Å². The maximum atomic E-state index is 12.9. The van der Waals surface area contributed by atoms with Gasteiger partial charge >= 0.3 is 5.97 Å². The quantitative estimate of drug-likeness (QED) is 0.370. The first-order chi connectivity index (χ1) is 9.08. The van der Waals surface area contributed by atoms with Crippen molar-refractivity contribution in [1.29, 1.82) is 0 Å². The summed E-state index contributed by atoms with van der Waals surface area (Å²) in [5, 5.41) is 14.6. The largest absolute Gasteiger partial charge is 0.461 e. The summed E-state index contributed by atoms with van der Waals surface area (Å²) in [5.41, 5.74) is 2.11. The monoisotopic (exact) mass is 271 g/mol. The average Bonchev–Trinajstić information content (AvgIpc) is 2.38. The van der Waals surface area contributed by atoms with Gasteiger partial charge in [0.15, 0.2) is 17.3 Å². The molecule has 0 unspecified atom stereocenters. The molecule has 19 heavy (non-hydrogen) atoms. The molecule has 0 saturated carbocycles. The molecule has 8 heteroatoms. The van der Waals surface area contributed by atoms with Crippen molar-refractivity contribution in [3.8, 4) is 0 Å². The van der Waals surface area contributed by atoms with Gasteiger partial charge in [0.05, 0.1) is 12.3 Å². The third-order valence-corrected chi connectivity index (χ3v) is 1.89. The van der Waals surface area contributed by atoms with Crippen LogP contribution in [0.3, 0.4) is 0 Å². The molecule has 0 radical (unpaired) electrons. The van der Waals surface area contributed by atoms with Crippen LogP contribution < -0.4 is 5.43 Å². The molecular formula is C11H11F2N3O3. The smallest absolute Gasteiger partial charge is 0.360 e. The number of ether oxygens (including phenoxy) is 1. The van der Waals surface area contributed by atoms with E-state index in [1.54, 1.807) is 6.92 Å². The molecule has 0 heterocycles. The highest BCUT2D eigenvalue weighted by atomic mass is 19.2. The molecule has 0 amide bonds. The van der Waals surface area contributed by atoms with Crippen LogP contribution in [0.15, 0.2) is 28.5 Å². The van der Waals surface area contributed by atoms with Crippen LogP contribution in [0.1, 0.15) is 6.92 Å². The Bertz CT molecular complexity index is 518. The van der Waals surface area contributed by atoms with E-state index < -0.39 is 17.6 Å². The number of rotatable bonds is 5. The number of nitrogens with zero attached hydrogens (tertiary/aromatic N) is 2. The predicted octanol–water partition coefficient (Wildman–Crippen LogP) is 1.76. The van der Waals surface area contributed by atoms with E-state index in [0.717, 1.165) is 18.3 Å². The maximum absolute atomic E-state index is 12.9.